The fourth-order valence-electron chi connectivity index (χ4n) is 1.78. The topological polar surface area (TPSA) is 26.3 Å². The van der Waals surface area contributed by atoms with Gasteiger partial charge in [-0.1, -0.05) is 35.9 Å². The van der Waals surface area contributed by atoms with Crippen LogP contribution in [0.15, 0.2) is 48.5 Å². The first-order valence-electron chi connectivity index (χ1n) is 5.95. The van der Waals surface area contributed by atoms with Crippen molar-refractivity contribution in [3.63, 3.8) is 0 Å². The van der Waals surface area contributed by atoms with Crippen LogP contribution >= 0.6 is 0 Å². The molecule has 0 amide bonds. The Kier molecular flexibility index (Phi) is 3.78. The van der Waals surface area contributed by atoms with E-state index in [9.17, 15) is 4.79 Å². The van der Waals surface area contributed by atoms with E-state index in [1.165, 1.54) is 0 Å². The maximum absolute atomic E-state index is 12.1. The summed E-state index contributed by atoms with van der Waals surface area (Å²) in [5, 5.41) is 0. The molecule has 2 aromatic rings. The molecule has 92 valence electrons. The van der Waals surface area contributed by atoms with Gasteiger partial charge in [-0.25, -0.2) is 0 Å². The molecule has 0 aliphatic rings. The summed E-state index contributed by atoms with van der Waals surface area (Å²) in [6.07, 6.45) is 0. The summed E-state index contributed by atoms with van der Waals surface area (Å²) < 4.78 is 5.47. The number of aryl methyl sites for hydroxylation is 2. The zero-order valence-corrected chi connectivity index (χ0v) is 10.6. The van der Waals surface area contributed by atoms with Gasteiger partial charge >= 0.3 is 0 Å². The highest BCUT2D eigenvalue weighted by Gasteiger charge is 2.09. The molecule has 18 heavy (non-hydrogen) atoms. The number of ether oxygens (including phenoxy) is 1. The molecule has 0 heterocycles. The lowest BCUT2D eigenvalue weighted by molar-refractivity contribution is 0.0921. The van der Waals surface area contributed by atoms with Crippen molar-refractivity contribution in [1.29, 1.82) is 0 Å². The predicted octanol–water partition coefficient (Wildman–Crippen LogP) is 3.57. The van der Waals surface area contributed by atoms with Crippen LogP contribution in [0.25, 0.3) is 0 Å². The molecule has 2 nitrogen and oxygen atoms in total. The highest BCUT2D eigenvalue weighted by Crippen LogP contribution is 2.13. The summed E-state index contributed by atoms with van der Waals surface area (Å²) in [6, 6.07) is 15.3. The molecule has 0 fully saturated rings. The van der Waals surface area contributed by atoms with E-state index in [4.69, 9.17) is 4.74 Å². The first kappa shape index (κ1) is 12.4. The quantitative estimate of drug-likeness (QED) is 0.764. The van der Waals surface area contributed by atoms with Crippen LogP contribution in [0.4, 0.5) is 0 Å². The molecule has 0 unspecified atom stereocenters. The molecular formula is C16H16O2. The van der Waals surface area contributed by atoms with Gasteiger partial charge in [0.1, 0.15) is 5.75 Å². The third-order valence-corrected chi connectivity index (χ3v) is 2.81. The van der Waals surface area contributed by atoms with Gasteiger partial charge in [0.05, 0.1) is 0 Å². The second kappa shape index (κ2) is 5.50. The molecule has 0 aliphatic carbocycles. The minimum absolute atomic E-state index is 0.0139. The number of carbonyl (C=O) groups is 1. The van der Waals surface area contributed by atoms with Crippen LogP contribution in [0.3, 0.4) is 0 Å². The van der Waals surface area contributed by atoms with Gasteiger partial charge in [0.2, 0.25) is 0 Å². The van der Waals surface area contributed by atoms with Crippen LogP contribution in [0.5, 0.6) is 5.75 Å². The standard InChI is InChI=1S/C16H16O2/c1-12-8-9-13(2)15(10-12)16(17)11-18-14-6-4-3-5-7-14/h3-10H,11H2,1-2H3. The van der Waals surface area contributed by atoms with Gasteiger partial charge in [-0.15, -0.1) is 0 Å². The van der Waals surface area contributed by atoms with E-state index in [2.05, 4.69) is 0 Å². The predicted molar refractivity (Wildman–Crippen MR) is 72.2 cm³/mol. The molecule has 0 saturated carbocycles. The van der Waals surface area contributed by atoms with E-state index >= 15 is 0 Å². The number of para-hydroxylation sites is 1. The fraction of sp³-hybridized carbons (Fsp3) is 0.188. The lowest BCUT2D eigenvalue weighted by Gasteiger charge is -2.08. The molecule has 0 saturated heterocycles. The number of hydrogen-bond acceptors (Lipinski definition) is 2. The molecule has 2 aromatic carbocycles. The van der Waals surface area contributed by atoms with Crippen molar-refractivity contribution in [1.82, 2.24) is 0 Å². The first-order chi connectivity index (χ1) is 8.66. The Morgan fingerprint density at radius 3 is 2.50 bits per heavy atom. The second-order valence-electron chi connectivity index (χ2n) is 4.34. The lowest BCUT2D eigenvalue weighted by Crippen LogP contribution is -2.13. The van der Waals surface area contributed by atoms with Crippen LogP contribution in [-0.4, -0.2) is 12.4 Å². The van der Waals surface area contributed by atoms with Gasteiger partial charge in [-0.3, -0.25) is 4.79 Å². The average molecular weight is 240 g/mol. The van der Waals surface area contributed by atoms with Crippen molar-refractivity contribution in [3.8, 4) is 5.75 Å². The minimum atomic E-state index is 0.0139. The Labute approximate surface area is 107 Å². The third-order valence-electron chi connectivity index (χ3n) is 2.81. The molecule has 2 heteroatoms. The van der Waals surface area contributed by atoms with Crippen molar-refractivity contribution in [3.05, 3.63) is 65.2 Å². The van der Waals surface area contributed by atoms with Crippen molar-refractivity contribution in [2.75, 3.05) is 6.61 Å². The Balaban J connectivity index is 2.06. The monoisotopic (exact) mass is 240 g/mol. The molecule has 0 aromatic heterocycles. The zero-order chi connectivity index (χ0) is 13.0. The average Bonchev–Trinajstić information content (AvgIpc) is 2.40. The van der Waals surface area contributed by atoms with Crippen molar-refractivity contribution >= 4 is 5.78 Å². The number of rotatable bonds is 4. The second-order valence-corrected chi connectivity index (χ2v) is 4.34. The zero-order valence-electron chi connectivity index (χ0n) is 10.6. The van der Waals surface area contributed by atoms with E-state index in [1.54, 1.807) is 0 Å². The maximum atomic E-state index is 12.1. The summed E-state index contributed by atoms with van der Waals surface area (Å²) in [5.74, 6) is 0.733. The molecule has 0 radical (unpaired) electrons. The van der Waals surface area contributed by atoms with Crippen LogP contribution in [-0.2, 0) is 0 Å². The van der Waals surface area contributed by atoms with Crippen LogP contribution in [0, 0.1) is 13.8 Å². The van der Waals surface area contributed by atoms with E-state index in [1.807, 2.05) is 62.4 Å². The summed E-state index contributed by atoms with van der Waals surface area (Å²) in [7, 11) is 0. The number of benzene rings is 2. The smallest absolute Gasteiger partial charge is 0.200 e. The van der Waals surface area contributed by atoms with Crippen molar-refractivity contribution in [2.24, 2.45) is 0 Å². The molecular weight excluding hydrogens is 224 g/mol. The SMILES string of the molecule is Cc1ccc(C)c(C(=O)COc2ccccc2)c1. The number of Topliss-reactive ketones (excluding diaryl/α,β-unsaturated/α-hetero) is 1. The Morgan fingerprint density at radius 2 is 1.78 bits per heavy atom. The first-order valence-corrected chi connectivity index (χ1v) is 5.95. The number of hydrogen-bond donors (Lipinski definition) is 0. The normalized spacial score (nSPS) is 10.1. The van der Waals surface area contributed by atoms with Gasteiger partial charge in [-0.05, 0) is 37.6 Å². The van der Waals surface area contributed by atoms with E-state index in [0.717, 1.165) is 22.4 Å². The highest BCUT2D eigenvalue weighted by molar-refractivity contribution is 5.98. The maximum Gasteiger partial charge on any atom is 0.200 e. The lowest BCUT2D eigenvalue weighted by atomic mass is 10.0. The molecule has 0 aliphatic heterocycles. The molecule has 0 bridgehead atoms. The van der Waals surface area contributed by atoms with Gasteiger partial charge in [0.15, 0.2) is 12.4 Å². The molecule has 0 N–H and O–H groups in total. The van der Waals surface area contributed by atoms with Crippen LogP contribution < -0.4 is 4.74 Å². The largest absolute Gasteiger partial charge is 0.485 e. The Bertz CT molecular complexity index is 544. The van der Waals surface area contributed by atoms with Crippen LogP contribution in [0.1, 0.15) is 21.5 Å². The summed E-state index contributed by atoms with van der Waals surface area (Å²) in [6.45, 7) is 4.00. The third kappa shape index (κ3) is 2.98. The van der Waals surface area contributed by atoms with Gasteiger partial charge in [-0.2, -0.15) is 0 Å². The van der Waals surface area contributed by atoms with Gasteiger partial charge < -0.3 is 4.74 Å². The summed E-state index contributed by atoms with van der Waals surface area (Å²) in [4.78, 5) is 12.1. The van der Waals surface area contributed by atoms with E-state index < -0.39 is 0 Å². The van der Waals surface area contributed by atoms with E-state index in [0.29, 0.717) is 0 Å². The molecule has 0 spiro atoms. The Hall–Kier alpha value is -2.09. The number of ketones is 1. The van der Waals surface area contributed by atoms with Crippen molar-refractivity contribution < 1.29 is 9.53 Å². The molecule has 2 rings (SSSR count). The Morgan fingerprint density at radius 1 is 1.06 bits per heavy atom. The van der Waals surface area contributed by atoms with Crippen molar-refractivity contribution in [2.45, 2.75) is 13.8 Å². The fourth-order valence-corrected chi connectivity index (χ4v) is 1.78. The highest BCUT2D eigenvalue weighted by atomic mass is 16.5. The van der Waals surface area contributed by atoms with E-state index in [-0.39, 0.29) is 12.4 Å². The number of carbonyl (C=O) groups excluding carboxylic acids is 1. The summed E-state index contributed by atoms with van der Waals surface area (Å²) >= 11 is 0. The minimum Gasteiger partial charge on any atom is -0.485 e. The summed E-state index contributed by atoms with van der Waals surface area (Å²) in [5.41, 5.74) is 2.82. The van der Waals surface area contributed by atoms with Gasteiger partial charge in [0, 0.05) is 5.56 Å². The van der Waals surface area contributed by atoms with Crippen LogP contribution in [0.2, 0.25) is 0 Å². The molecule has 0 atom stereocenters. The van der Waals surface area contributed by atoms with Gasteiger partial charge in [0.25, 0.3) is 0 Å².